The van der Waals surface area contributed by atoms with Gasteiger partial charge in [-0.15, -0.1) is 0 Å². The largest absolute Gasteiger partial charge is 0.504 e. The summed E-state index contributed by atoms with van der Waals surface area (Å²) in [6.07, 6.45) is 1.39. The fourth-order valence-corrected chi connectivity index (χ4v) is 2.24. The first-order valence-electron chi connectivity index (χ1n) is 6.43. The molecule has 0 amide bonds. The van der Waals surface area contributed by atoms with Gasteiger partial charge in [0, 0.05) is 12.0 Å². The van der Waals surface area contributed by atoms with Crippen molar-refractivity contribution < 1.29 is 24.8 Å². The van der Waals surface area contributed by atoms with E-state index in [0.717, 1.165) is 0 Å². The Bertz CT molecular complexity index is 926. The molecular weight excluding hydrogens is 288 g/mol. The van der Waals surface area contributed by atoms with Crippen molar-refractivity contribution >= 4 is 11.0 Å². The molecule has 112 valence electrons. The lowest BCUT2D eigenvalue weighted by Gasteiger charge is -2.06. The van der Waals surface area contributed by atoms with Gasteiger partial charge in [0.1, 0.15) is 0 Å². The maximum atomic E-state index is 12.4. The topological polar surface area (TPSA) is 111 Å². The lowest BCUT2D eigenvalue weighted by atomic mass is 10.0. The zero-order chi connectivity index (χ0) is 15.9. The first-order valence-corrected chi connectivity index (χ1v) is 6.43. The van der Waals surface area contributed by atoms with Crippen LogP contribution in [0.4, 0.5) is 0 Å². The second kappa shape index (κ2) is 5.00. The van der Waals surface area contributed by atoms with Crippen LogP contribution in [0.15, 0.2) is 45.8 Å². The zero-order valence-corrected chi connectivity index (χ0v) is 11.3. The smallest absolute Gasteiger partial charge is 0.201 e. The van der Waals surface area contributed by atoms with Gasteiger partial charge in [0.15, 0.2) is 28.3 Å². The quantitative estimate of drug-likeness (QED) is 0.540. The summed E-state index contributed by atoms with van der Waals surface area (Å²) in [6, 6.07) is 6.84. The van der Waals surface area contributed by atoms with Crippen LogP contribution in [-0.4, -0.2) is 20.4 Å². The molecule has 1 aromatic heterocycles. The van der Waals surface area contributed by atoms with E-state index in [-0.39, 0.29) is 40.1 Å². The van der Waals surface area contributed by atoms with Crippen molar-refractivity contribution in [3.05, 3.63) is 57.9 Å². The molecule has 0 aliphatic rings. The second-order valence-corrected chi connectivity index (χ2v) is 4.90. The maximum Gasteiger partial charge on any atom is 0.201 e. The molecule has 6 heteroatoms. The molecule has 0 unspecified atom stereocenters. The van der Waals surface area contributed by atoms with E-state index >= 15 is 0 Å². The molecule has 0 atom stereocenters. The molecule has 3 rings (SSSR count). The molecule has 0 aliphatic carbocycles. The van der Waals surface area contributed by atoms with Gasteiger partial charge in [-0.05, 0) is 29.8 Å². The zero-order valence-electron chi connectivity index (χ0n) is 11.3. The molecule has 0 saturated heterocycles. The van der Waals surface area contributed by atoms with E-state index in [0.29, 0.717) is 11.1 Å². The highest BCUT2D eigenvalue weighted by Crippen LogP contribution is 2.32. The summed E-state index contributed by atoms with van der Waals surface area (Å²) in [5.41, 5.74) is 0.513. The van der Waals surface area contributed by atoms with Crippen molar-refractivity contribution in [2.45, 2.75) is 6.42 Å². The van der Waals surface area contributed by atoms with Crippen LogP contribution >= 0.6 is 0 Å². The standard InChI is InChI=1S/C16H12O6/c17-11-3-1-8(6-13(11)19)5-9-7-22-16-10(14(9)20)2-4-12(18)15(16)21/h1-4,6-7,17-19,21H,5H2. The third-order valence-electron chi connectivity index (χ3n) is 3.40. The molecule has 4 N–H and O–H groups in total. The summed E-state index contributed by atoms with van der Waals surface area (Å²) in [7, 11) is 0. The molecule has 0 radical (unpaired) electrons. The molecule has 6 nitrogen and oxygen atoms in total. The third kappa shape index (κ3) is 2.20. The van der Waals surface area contributed by atoms with E-state index in [1.807, 2.05) is 0 Å². The normalized spacial score (nSPS) is 10.9. The minimum absolute atomic E-state index is 0.0812. The molecule has 0 aliphatic heterocycles. The summed E-state index contributed by atoms with van der Waals surface area (Å²) in [6.45, 7) is 0. The predicted molar refractivity (Wildman–Crippen MR) is 78.4 cm³/mol. The first kappa shape index (κ1) is 13.8. The number of benzene rings is 2. The van der Waals surface area contributed by atoms with Crippen molar-refractivity contribution in [2.24, 2.45) is 0 Å². The molecule has 1 heterocycles. The Morgan fingerprint density at radius 1 is 0.909 bits per heavy atom. The summed E-state index contributed by atoms with van der Waals surface area (Å²) in [4.78, 5) is 12.4. The molecule has 0 spiro atoms. The highest BCUT2D eigenvalue weighted by molar-refractivity contribution is 5.85. The Morgan fingerprint density at radius 3 is 2.36 bits per heavy atom. The van der Waals surface area contributed by atoms with Crippen LogP contribution in [0.2, 0.25) is 0 Å². The van der Waals surface area contributed by atoms with Crippen molar-refractivity contribution in [1.82, 2.24) is 0 Å². The van der Waals surface area contributed by atoms with Crippen molar-refractivity contribution in [2.75, 3.05) is 0 Å². The number of aromatic hydroxyl groups is 4. The van der Waals surface area contributed by atoms with Crippen molar-refractivity contribution in [1.29, 1.82) is 0 Å². The molecule has 0 saturated carbocycles. The first-order chi connectivity index (χ1) is 10.5. The van der Waals surface area contributed by atoms with E-state index in [2.05, 4.69) is 0 Å². The maximum absolute atomic E-state index is 12.4. The van der Waals surface area contributed by atoms with E-state index in [4.69, 9.17) is 4.42 Å². The van der Waals surface area contributed by atoms with E-state index < -0.39 is 5.75 Å². The van der Waals surface area contributed by atoms with Crippen LogP contribution in [0.1, 0.15) is 11.1 Å². The third-order valence-corrected chi connectivity index (χ3v) is 3.40. The minimum atomic E-state index is -0.483. The Labute approximate surface area is 124 Å². The van der Waals surface area contributed by atoms with E-state index in [9.17, 15) is 25.2 Å². The van der Waals surface area contributed by atoms with Gasteiger partial charge < -0.3 is 24.8 Å². The van der Waals surface area contributed by atoms with Crippen LogP contribution in [0.5, 0.6) is 23.0 Å². The highest BCUT2D eigenvalue weighted by Gasteiger charge is 2.14. The van der Waals surface area contributed by atoms with Gasteiger partial charge in [-0.3, -0.25) is 4.79 Å². The average molecular weight is 300 g/mol. The number of phenols is 4. The van der Waals surface area contributed by atoms with Gasteiger partial charge in [0.05, 0.1) is 11.6 Å². The average Bonchev–Trinajstić information content (AvgIpc) is 2.49. The molecule has 2 aromatic carbocycles. The fraction of sp³-hybridized carbons (Fsp3) is 0.0625. The predicted octanol–water partition coefficient (Wildman–Crippen LogP) is 2.21. The van der Waals surface area contributed by atoms with E-state index in [1.54, 1.807) is 6.07 Å². The number of hydrogen-bond acceptors (Lipinski definition) is 6. The Balaban J connectivity index is 2.08. The Morgan fingerprint density at radius 2 is 1.64 bits per heavy atom. The molecular formula is C16H12O6. The number of hydrogen-bond donors (Lipinski definition) is 4. The van der Waals surface area contributed by atoms with Gasteiger partial charge in [-0.2, -0.15) is 0 Å². The summed E-state index contributed by atoms with van der Waals surface area (Å²) >= 11 is 0. The van der Waals surface area contributed by atoms with Gasteiger partial charge in [0.2, 0.25) is 5.75 Å². The number of rotatable bonds is 2. The number of phenolic OH excluding ortho intramolecular Hbond substituents is 4. The molecule has 0 bridgehead atoms. The van der Waals surface area contributed by atoms with Crippen molar-refractivity contribution in [3.8, 4) is 23.0 Å². The SMILES string of the molecule is O=c1c(Cc2ccc(O)c(O)c2)coc2c(O)c(O)ccc12. The van der Waals surface area contributed by atoms with Crippen LogP contribution in [0.25, 0.3) is 11.0 Å². The highest BCUT2D eigenvalue weighted by atomic mass is 16.4. The van der Waals surface area contributed by atoms with Gasteiger partial charge in [-0.25, -0.2) is 0 Å². The van der Waals surface area contributed by atoms with Crippen LogP contribution in [0, 0.1) is 0 Å². The molecule has 0 fully saturated rings. The lowest BCUT2D eigenvalue weighted by molar-refractivity contribution is 0.399. The summed E-state index contributed by atoms with van der Waals surface area (Å²) in [5.74, 6) is -1.37. The minimum Gasteiger partial charge on any atom is -0.504 e. The van der Waals surface area contributed by atoms with Crippen LogP contribution in [0.3, 0.4) is 0 Å². The van der Waals surface area contributed by atoms with Crippen LogP contribution in [-0.2, 0) is 6.42 Å². The van der Waals surface area contributed by atoms with Gasteiger partial charge in [-0.1, -0.05) is 6.07 Å². The Kier molecular flexibility index (Phi) is 3.14. The summed E-state index contributed by atoms with van der Waals surface area (Å²) < 4.78 is 5.24. The van der Waals surface area contributed by atoms with E-state index in [1.165, 1.54) is 30.5 Å². The number of fused-ring (bicyclic) bond motifs is 1. The molecule has 22 heavy (non-hydrogen) atoms. The van der Waals surface area contributed by atoms with Crippen molar-refractivity contribution in [3.63, 3.8) is 0 Å². The van der Waals surface area contributed by atoms with Gasteiger partial charge in [0.25, 0.3) is 0 Å². The lowest BCUT2D eigenvalue weighted by Crippen LogP contribution is -2.09. The second-order valence-electron chi connectivity index (χ2n) is 4.90. The van der Waals surface area contributed by atoms with Crippen LogP contribution < -0.4 is 5.43 Å². The Hall–Kier alpha value is -3.15. The fourth-order valence-electron chi connectivity index (χ4n) is 2.24. The monoisotopic (exact) mass is 300 g/mol. The summed E-state index contributed by atoms with van der Waals surface area (Å²) in [5, 5.41) is 38.0. The molecule has 3 aromatic rings. The van der Waals surface area contributed by atoms with Gasteiger partial charge >= 0.3 is 0 Å².